The molecule has 0 bridgehead atoms. The van der Waals surface area contributed by atoms with Gasteiger partial charge in [0.15, 0.2) is 0 Å². The molecule has 1 aliphatic heterocycles. The first kappa shape index (κ1) is 12.3. The van der Waals surface area contributed by atoms with Gasteiger partial charge in [-0.2, -0.15) is 0 Å². The minimum absolute atomic E-state index is 0.227. The van der Waals surface area contributed by atoms with Gasteiger partial charge < -0.3 is 15.5 Å². The Morgan fingerprint density at radius 1 is 1.26 bits per heavy atom. The number of nitrogens with two attached hydrogens (primary N) is 1. The van der Waals surface area contributed by atoms with Crippen molar-refractivity contribution in [1.29, 1.82) is 0 Å². The third-order valence-electron chi connectivity index (χ3n) is 4.14. The number of hydrogen-bond donors (Lipinski definition) is 1. The Morgan fingerprint density at radius 2 is 2.00 bits per heavy atom. The minimum Gasteiger partial charge on any atom is -0.352 e. The summed E-state index contributed by atoms with van der Waals surface area (Å²) in [4.78, 5) is 24.8. The molecule has 2 aliphatic rings. The number of piperazine rings is 1. The van der Waals surface area contributed by atoms with Crippen LogP contribution in [0.5, 0.6) is 0 Å². The van der Waals surface area contributed by atoms with Crippen LogP contribution in [0.1, 0.15) is 12.8 Å². The molecule has 1 amide bonds. The molecule has 0 aromatic carbocycles. The third-order valence-corrected chi connectivity index (χ3v) is 4.14. The van der Waals surface area contributed by atoms with Gasteiger partial charge in [-0.25, -0.2) is 4.98 Å². The molecule has 6 heteroatoms. The van der Waals surface area contributed by atoms with Crippen LogP contribution in [0, 0.1) is 5.41 Å². The van der Waals surface area contributed by atoms with Crippen LogP contribution in [-0.4, -0.2) is 53.5 Å². The van der Waals surface area contributed by atoms with Crippen molar-refractivity contribution in [3.05, 3.63) is 18.6 Å². The van der Waals surface area contributed by atoms with E-state index in [-0.39, 0.29) is 11.3 Å². The van der Waals surface area contributed by atoms with Gasteiger partial charge in [0.2, 0.25) is 5.91 Å². The van der Waals surface area contributed by atoms with Crippen molar-refractivity contribution in [3.63, 3.8) is 0 Å². The molecular formula is C13H19N5O. The van der Waals surface area contributed by atoms with Crippen molar-refractivity contribution in [3.8, 4) is 0 Å². The van der Waals surface area contributed by atoms with Crippen molar-refractivity contribution in [1.82, 2.24) is 14.9 Å². The molecule has 1 saturated heterocycles. The van der Waals surface area contributed by atoms with E-state index < -0.39 is 0 Å². The van der Waals surface area contributed by atoms with Gasteiger partial charge >= 0.3 is 0 Å². The Kier molecular flexibility index (Phi) is 3.10. The highest BCUT2D eigenvalue weighted by molar-refractivity contribution is 5.85. The number of aromatic nitrogens is 2. The zero-order valence-electron chi connectivity index (χ0n) is 11.0. The number of carbonyl (C=O) groups is 1. The average molecular weight is 261 g/mol. The van der Waals surface area contributed by atoms with Crippen LogP contribution in [0.2, 0.25) is 0 Å². The number of carbonyl (C=O) groups excluding carboxylic acids is 1. The molecule has 102 valence electrons. The second-order valence-corrected chi connectivity index (χ2v) is 5.33. The molecule has 1 aliphatic carbocycles. The lowest BCUT2D eigenvalue weighted by atomic mass is 10.1. The van der Waals surface area contributed by atoms with E-state index in [2.05, 4.69) is 14.9 Å². The molecule has 0 radical (unpaired) electrons. The third kappa shape index (κ3) is 2.28. The normalized spacial score (nSPS) is 21.3. The number of anilines is 1. The summed E-state index contributed by atoms with van der Waals surface area (Å²) in [6, 6.07) is 0. The SMILES string of the molecule is NCC1(C(=O)N2CCN(c3cnccn3)CC2)CC1. The predicted octanol–water partition coefficient (Wildman–Crippen LogP) is -0.136. The lowest BCUT2D eigenvalue weighted by Crippen LogP contribution is -2.52. The Bertz CT molecular complexity index is 451. The van der Waals surface area contributed by atoms with Crippen LogP contribution in [0.25, 0.3) is 0 Å². The molecule has 1 aromatic heterocycles. The van der Waals surface area contributed by atoms with Crippen LogP contribution >= 0.6 is 0 Å². The number of rotatable bonds is 3. The van der Waals surface area contributed by atoms with Crippen LogP contribution in [0.4, 0.5) is 5.82 Å². The van der Waals surface area contributed by atoms with Gasteiger partial charge in [-0.3, -0.25) is 9.78 Å². The number of hydrogen-bond acceptors (Lipinski definition) is 5. The maximum Gasteiger partial charge on any atom is 0.230 e. The summed E-state index contributed by atoms with van der Waals surface area (Å²) in [5.41, 5.74) is 5.49. The first-order valence-corrected chi connectivity index (χ1v) is 6.76. The predicted molar refractivity (Wildman–Crippen MR) is 71.5 cm³/mol. The average Bonchev–Trinajstić information content (AvgIpc) is 3.29. The lowest BCUT2D eigenvalue weighted by molar-refractivity contribution is -0.136. The fourth-order valence-electron chi connectivity index (χ4n) is 2.58. The topological polar surface area (TPSA) is 75.4 Å². The first-order chi connectivity index (χ1) is 9.25. The molecule has 2 fully saturated rings. The van der Waals surface area contributed by atoms with E-state index >= 15 is 0 Å². The second-order valence-electron chi connectivity index (χ2n) is 5.33. The van der Waals surface area contributed by atoms with Crippen molar-refractivity contribution >= 4 is 11.7 Å². The smallest absolute Gasteiger partial charge is 0.230 e. The Labute approximate surface area is 112 Å². The van der Waals surface area contributed by atoms with Crippen molar-refractivity contribution in [2.75, 3.05) is 37.6 Å². The molecule has 1 saturated carbocycles. The number of nitrogens with zero attached hydrogens (tertiary/aromatic N) is 4. The number of amides is 1. The maximum absolute atomic E-state index is 12.4. The Balaban J connectivity index is 1.59. The summed E-state index contributed by atoms with van der Waals surface area (Å²) in [6.07, 6.45) is 7.03. The summed E-state index contributed by atoms with van der Waals surface area (Å²) in [6.45, 7) is 3.60. The van der Waals surface area contributed by atoms with Crippen LogP contribution in [-0.2, 0) is 4.79 Å². The van der Waals surface area contributed by atoms with Gasteiger partial charge in [-0.15, -0.1) is 0 Å². The van der Waals surface area contributed by atoms with E-state index in [1.807, 2.05) is 4.90 Å². The molecule has 3 rings (SSSR count). The fraction of sp³-hybridized carbons (Fsp3) is 0.615. The first-order valence-electron chi connectivity index (χ1n) is 6.76. The molecule has 19 heavy (non-hydrogen) atoms. The van der Waals surface area contributed by atoms with E-state index in [0.717, 1.165) is 44.8 Å². The minimum atomic E-state index is -0.227. The van der Waals surface area contributed by atoms with Gasteiger partial charge in [0.25, 0.3) is 0 Å². The molecule has 0 atom stereocenters. The highest BCUT2D eigenvalue weighted by Gasteiger charge is 2.50. The molecule has 6 nitrogen and oxygen atoms in total. The van der Waals surface area contributed by atoms with E-state index in [9.17, 15) is 4.79 Å². The fourth-order valence-corrected chi connectivity index (χ4v) is 2.58. The molecule has 2 N–H and O–H groups in total. The Morgan fingerprint density at radius 3 is 2.53 bits per heavy atom. The molecule has 0 unspecified atom stereocenters. The largest absolute Gasteiger partial charge is 0.352 e. The van der Waals surface area contributed by atoms with Crippen LogP contribution < -0.4 is 10.6 Å². The van der Waals surface area contributed by atoms with E-state index in [4.69, 9.17) is 5.73 Å². The van der Waals surface area contributed by atoms with E-state index in [0.29, 0.717) is 6.54 Å². The molecule has 0 spiro atoms. The van der Waals surface area contributed by atoms with Gasteiger partial charge in [-0.05, 0) is 12.8 Å². The van der Waals surface area contributed by atoms with Gasteiger partial charge in [0, 0.05) is 45.1 Å². The van der Waals surface area contributed by atoms with Gasteiger partial charge in [0.05, 0.1) is 11.6 Å². The van der Waals surface area contributed by atoms with Crippen molar-refractivity contribution in [2.24, 2.45) is 11.1 Å². The zero-order chi connectivity index (χ0) is 13.3. The molecule has 2 heterocycles. The zero-order valence-corrected chi connectivity index (χ0v) is 11.0. The van der Waals surface area contributed by atoms with Crippen LogP contribution in [0.15, 0.2) is 18.6 Å². The summed E-state index contributed by atoms with van der Waals surface area (Å²) >= 11 is 0. The van der Waals surface area contributed by atoms with E-state index in [1.165, 1.54) is 0 Å². The summed E-state index contributed by atoms with van der Waals surface area (Å²) < 4.78 is 0. The highest BCUT2D eigenvalue weighted by atomic mass is 16.2. The van der Waals surface area contributed by atoms with Crippen molar-refractivity contribution < 1.29 is 4.79 Å². The molecular weight excluding hydrogens is 242 g/mol. The lowest BCUT2D eigenvalue weighted by Gasteiger charge is -2.36. The quantitative estimate of drug-likeness (QED) is 0.820. The summed E-state index contributed by atoms with van der Waals surface area (Å²) in [5, 5.41) is 0. The van der Waals surface area contributed by atoms with Crippen LogP contribution in [0.3, 0.4) is 0 Å². The summed E-state index contributed by atoms with van der Waals surface area (Å²) in [5.74, 6) is 1.13. The standard InChI is InChI=1S/C13H19N5O/c14-10-13(1-2-13)12(19)18-7-5-17(6-8-18)11-9-15-3-4-16-11/h3-4,9H,1-2,5-8,10,14H2. The maximum atomic E-state index is 12.4. The van der Waals surface area contributed by atoms with E-state index in [1.54, 1.807) is 18.6 Å². The summed E-state index contributed by atoms with van der Waals surface area (Å²) in [7, 11) is 0. The van der Waals surface area contributed by atoms with Gasteiger partial charge in [-0.1, -0.05) is 0 Å². The monoisotopic (exact) mass is 261 g/mol. The van der Waals surface area contributed by atoms with Gasteiger partial charge in [0.1, 0.15) is 5.82 Å². The highest BCUT2D eigenvalue weighted by Crippen LogP contribution is 2.46. The second kappa shape index (κ2) is 4.77. The van der Waals surface area contributed by atoms with Crippen molar-refractivity contribution in [2.45, 2.75) is 12.8 Å². The Hall–Kier alpha value is -1.69. The molecule has 1 aromatic rings.